The highest BCUT2D eigenvalue weighted by atomic mass is 16.1. The number of hydrogen-bond acceptors (Lipinski definition) is 2. The third kappa shape index (κ3) is 2.20. The molecule has 0 aliphatic rings. The lowest BCUT2D eigenvalue weighted by atomic mass is 10.1. The Morgan fingerprint density at radius 1 is 1.16 bits per heavy atom. The lowest BCUT2D eigenvalue weighted by Gasteiger charge is -2.05. The van der Waals surface area contributed by atoms with Gasteiger partial charge in [-0.05, 0) is 24.3 Å². The second-order valence-electron chi connectivity index (χ2n) is 4.36. The van der Waals surface area contributed by atoms with E-state index in [1.54, 1.807) is 10.9 Å². The molecule has 4 nitrogen and oxygen atoms in total. The molecule has 4 heteroatoms. The zero-order valence-corrected chi connectivity index (χ0v) is 10.5. The normalized spacial score (nSPS) is 10.6. The van der Waals surface area contributed by atoms with Crippen LogP contribution in [-0.4, -0.2) is 15.7 Å². The number of benzene rings is 2. The number of aromatic nitrogens is 2. The van der Waals surface area contributed by atoms with E-state index in [0.29, 0.717) is 5.56 Å². The van der Waals surface area contributed by atoms with Crippen LogP contribution in [0, 0.1) is 0 Å². The molecule has 0 saturated heterocycles. The van der Waals surface area contributed by atoms with Crippen molar-refractivity contribution >= 4 is 22.5 Å². The summed E-state index contributed by atoms with van der Waals surface area (Å²) >= 11 is 0. The summed E-state index contributed by atoms with van der Waals surface area (Å²) in [5.41, 5.74) is 2.36. The van der Waals surface area contributed by atoms with Crippen molar-refractivity contribution in [3.05, 3.63) is 60.3 Å². The number of rotatable bonds is 2. The molecule has 0 unspecified atom stereocenters. The zero-order valence-electron chi connectivity index (χ0n) is 10.5. The maximum atomic E-state index is 12.2. The Labute approximate surface area is 110 Å². The molecule has 0 saturated carbocycles. The van der Waals surface area contributed by atoms with Gasteiger partial charge in [0.15, 0.2) is 0 Å². The first kappa shape index (κ1) is 11.5. The molecule has 0 atom stereocenters. The standard InChI is InChI=1S/C15H13N3O/c1-18-14-9-11(7-8-12(14)10-16-18)15(19)17-13-5-3-2-4-6-13/h2-10H,1H3,(H,17,19). The number of nitrogens with zero attached hydrogens (tertiary/aromatic N) is 2. The molecule has 94 valence electrons. The summed E-state index contributed by atoms with van der Waals surface area (Å²) in [6.07, 6.45) is 1.79. The number of para-hydroxylation sites is 1. The number of carbonyl (C=O) groups is 1. The Bertz CT molecular complexity index is 731. The van der Waals surface area contributed by atoms with E-state index in [2.05, 4.69) is 10.4 Å². The number of hydrogen-bond donors (Lipinski definition) is 1. The second kappa shape index (κ2) is 4.57. The fourth-order valence-corrected chi connectivity index (χ4v) is 2.01. The maximum Gasteiger partial charge on any atom is 0.255 e. The first-order chi connectivity index (χ1) is 9.24. The Morgan fingerprint density at radius 2 is 1.95 bits per heavy atom. The van der Waals surface area contributed by atoms with Gasteiger partial charge in [-0.15, -0.1) is 0 Å². The molecule has 0 aliphatic heterocycles. The second-order valence-corrected chi connectivity index (χ2v) is 4.36. The summed E-state index contributed by atoms with van der Waals surface area (Å²) in [5, 5.41) is 8.06. The van der Waals surface area contributed by atoms with Gasteiger partial charge < -0.3 is 5.32 Å². The zero-order chi connectivity index (χ0) is 13.2. The minimum atomic E-state index is -0.116. The highest BCUT2D eigenvalue weighted by Gasteiger charge is 2.08. The summed E-state index contributed by atoms with van der Waals surface area (Å²) < 4.78 is 1.76. The molecule has 19 heavy (non-hydrogen) atoms. The molecule has 3 aromatic rings. The van der Waals surface area contributed by atoms with Crippen molar-refractivity contribution in [3.63, 3.8) is 0 Å². The molecule has 1 N–H and O–H groups in total. The Morgan fingerprint density at radius 3 is 2.74 bits per heavy atom. The number of aryl methyl sites for hydroxylation is 1. The van der Waals surface area contributed by atoms with Gasteiger partial charge in [0.05, 0.1) is 11.7 Å². The van der Waals surface area contributed by atoms with Gasteiger partial charge in [-0.2, -0.15) is 5.10 Å². The van der Waals surface area contributed by atoms with E-state index in [1.807, 2.05) is 55.6 Å². The topological polar surface area (TPSA) is 46.9 Å². The number of fused-ring (bicyclic) bond motifs is 1. The molecule has 0 aliphatic carbocycles. The predicted molar refractivity (Wildman–Crippen MR) is 75.1 cm³/mol. The van der Waals surface area contributed by atoms with Crippen LogP contribution in [0.4, 0.5) is 5.69 Å². The van der Waals surface area contributed by atoms with Crippen molar-refractivity contribution in [1.82, 2.24) is 9.78 Å². The fourth-order valence-electron chi connectivity index (χ4n) is 2.01. The van der Waals surface area contributed by atoms with E-state index < -0.39 is 0 Å². The van der Waals surface area contributed by atoms with Gasteiger partial charge in [0.1, 0.15) is 0 Å². The van der Waals surface area contributed by atoms with Crippen LogP contribution in [0.25, 0.3) is 10.9 Å². The average molecular weight is 251 g/mol. The van der Waals surface area contributed by atoms with Crippen LogP contribution in [0.15, 0.2) is 54.7 Å². The summed E-state index contributed by atoms with van der Waals surface area (Å²) in [6, 6.07) is 15.0. The van der Waals surface area contributed by atoms with Crippen LogP contribution in [0.3, 0.4) is 0 Å². The molecular formula is C15H13N3O. The van der Waals surface area contributed by atoms with Crippen LogP contribution >= 0.6 is 0 Å². The molecule has 0 fully saturated rings. The van der Waals surface area contributed by atoms with Gasteiger partial charge in [-0.1, -0.05) is 24.3 Å². The predicted octanol–water partition coefficient (Wildman–Crippen LogP) is 2.83. The lowest BCUT2D eigenvalue weighted by Crippen LogP contribution is -2.11. The van der Waals surface area contributed by atoms with Crippen LogP contribution in [-0.2, 0) is 7.05 Å². The minimum absolute atomic E-state index is 0.116. The quantitative estimate of drug-likeness (QED) is 0.761. The molecule has 0 spiro atoms. The number of carbonyl (C=O) groups excluding carboxylic acids is 1. The van der Waals surface area contributed by atoms with E-state index in [1.165, 1.54) is 0 Å². The van der Waals surface area contributed by atoms with Gasteiger partial charge in [0.25, 0.3) is 5.91 Å². The van der Waals surface area contributed by atoms with Crippen molar-refractivity contribution in [2.75, 3.05) is 5.32 Å². The fraction of sp³-hybridized carbons (Fsp3) is 0.0667. The van der Waals surface area contributed by atoms with E-state index in [9.17, 15) is 4.79 Å². The smallest absolute Gasteiger partial charge is 0.255 e. The molecule has 3 rings (SSSR count). The molecule has 0 radical (unpaired) electrons. The van der Waals surface area contributed by atoms with E-state index in [4.69, 9.17) is 0 Å². The van der Waals surface area contributed by atoms with Gasteiger partial charge in [-0.3, -0.25) is 9.48 Å². The first-order valence-electron chi connectivity index (χ1n) is 6.02. The number of amides is 1. The van der Waals surface area contributed by atoms with Crippen LogP contribution in [0.2, 0.25) is 0 Å². The highest BCUT2D eigenvalue weighted by Crippen LogP contribution is 2.16. The molecule has 0 bridgehead atoms. The third-order valence-electron chi connectivity index (χ3n) is 3.04. The SMILES string of the molecule is Cn1ncc2ccc(C(=O)Nc3ccccc3)cc21. The minimum Gasteiger partial charge on any atom is -0.322 e. The maximum absolute atomic E-state index is 12.2. The largest absolute Gasteiger partial charge is 0.322 e. The van der Waals surface area contributed by atoms with Crippen molar-refractivity contribution in [3.8, 4) is 0 Å². The summed E-state index contributed by atoms with van der Waals surface area (Å²) in [4.78, 5) is 12.2. The van der Waals surface area contributed by atoms with Crippen molar-refractivity contribution in [2.24, 2.45) is 7.05 Å². The van der Waals surface area contributed by atoms with Gasteiger partial charge in [0.2, 0.25) is 0 Å². The summed E-state index contributed by atoms with van der Waals surface area (Å²) in [6.45, 7) is 0. The number of nitrogens with one attached hydrogen (secondary N) is 1. The molecular weight excluding hydrogens is 238 g/mol. The van der Waals surface area contributed by atoms with Gasteiger partial charge >= 0.3 is 0 Å². The van der Waals surface area contributed by atoms with Crippen molar-refractivity contribution < 1.29 is 4.79 Å². The van der Waals surface area contributed by atoms with E-state index in [-0.39, 0.29) is 5.91 Å². The highest BCUT2D eigenvalue weighted by molar-refractivity contribution is 6.06. The number of anilines is 1. The van der Waals surface area contributed by atoms with Crippen molar-refractivity contribution in [2.45, 2.75) is 0 Å². The van der Waals surface area contributed by atoms with Crippen molar-refractivity contribution in [1.29, 1.82) is 0 Å². The molecule has 2 aromatic carbocycles. The summed E-state index contributed by atoms with van der Waals surface area (Å²) in [7, 11) is 1.86. The monoisotopic (exact) mass is 251 g/mol. The van der Waals surface area contributed by atoms with Crippen LogP contribution < -0.4 is 5.32 Å². The average Bonchev–Trinajstić information content (AvgIpc) is 2.81. The Kier molecular flexibility index (Phi) is 2.76. The molecule has 1 heterocycles. The first-order valence-corrected chi connectivity index (χ1v) is 6.02. The molecule has 1 amide bonds. The van der Waals surface area contributed by atoms with Crippen LogP contribution in [0.1, 0.15) is 10.4 Å². The van der Waals surface area contributed by atoms with Gasteiger partial charge in [0, 0.05) is 23.7 Å². The van der Waals surface area contributed by atoms with E-state index >= 15 is 0 Å². The Balaban J connectivity index is 1.91. The third-order valence-corrected chi connectivity index (χ3v) is 3.04. The summed E-state index contributed by atoms with van der Waals surface area (Å²) in [5.74, 6) is -0.116. The van der Waals surface area contributed by atoms with Gasteiger partial charge in [-0.25, -0.2) is 0 Å². The Hall–Kier alpha value is -2.62. The molecule has 1 aromatic heterocycles. The lowest BCUT2D eigenvalue weighted by molar-refractivity contribution is 0.102. The van der Waals surface area contributed by atoms with Crippen LogP contribution in [0.5, 0.6) is 0 Å². The van der Waals surface area contributed by atoms with E-state index in [0.717, 1.165) is 16.6 Å².